The number of likely N-dealkylation sites (N-methyl/N-ethyl adjacent to an activating group) is 1. The molecular weight excluding hydrogens is 286 g/mol. The fourth-order valence-electron chi connectivity index (χ4n) is 1.73. The van der Waals surface area contributed by atoms with E-state index in [0.717, 1.165) is 26.2 Å². The topological polar surface area (TPSA) is 53.4 Å². The quantitative estimate of drug-likeness (QED) is 0.840. The van der Waals surface area contributed by atoms with Gasteiger partial charge >= 0.3 is 0 Å². The van der Waals surface area contributed by atoms with Crippen molar-refractivity contribution >= 4 is 21.8 Å². The molecule has 0 atom stereocenters. The Balaban J connectivity index is 1.95. The number of carbonyl (C=O) groups excluding carboxylic acids is 1. The summed E-state index contributed by atoms with van der Waals surface area (Å²) in [7, 11) is 3.87. The summed E-state index contributed by atoms with van der Waals surface area (Å²) >= 11 is 3.32. The second kappa shape index (κ2) is 5.16. The number of nitrogens with zero attached hydrogens (tertiary/aromatic N) is 4. The molecular formula is C10H16BrN5O. The lowest BCUT2D eigenvalue weighted by Crippen LogP contribution is -2.52. The van der Waals surface area contributed by atoms with E-state index < -0.39 is 0 Å². The number of aryl methyl sites for hydroxylation is 1. The second-order valence-corrected chi connectivity index (χ2v) is 5.08. The smallest absolute Gasteiger partial charge is 0.287 e. The van der Waals surface area contributed by atoms with Gasteiger partial charge in [-0.2, -0.15) is 5.10 Å². The first kappa shape index (κ1) is 12.5. The normalized spacial score (nSPS) is 18.3. The molecule has 6 nitrogen and oxygen atoms in total. The van der Waals surface area contributed by atoms with Crippen LogP contribution in [0.15, 0.2) is 10.7 Å². The minimum atomic E-state index is -0.165. The van der Waals surface area contributed by atoms with Crippen LogP contribution < -0.4 is 5.43 Å². The van der Waals surface area contributed by atoms with E-state index in [1.54, 1.807) is 17.9 Å². The Morgan fingerprint density at radius 2 is 2.00 bits per heavy atom. The fraction of sp³-hybridized carbons (Fsp3) is 0.600. The molecule has 17 heavy (non-hydrogen) atoms. The first-order valence-corrected chi connectivity index (χ1v) is 6.29. The maximum Gasteiger partial charge on any atom is 0.287 e. The van der Waals surface area contributed by atoms with E-state index >= 15 is 0 Å². The first-order chi connectivity index (χ1) is 8.06. The van der Waals surface area contributed by atoms with Gasteiger partial charge in [-0.25, -0.2) is 5.01 Å². The predicted molar refractivity (Wildman–Crippen MR) is 67.4 cm³/mol. The minimum Gasteiger partial charge on any atom is -0.304 e. The van der Waals surface area contributed by atoms with Gasteiger partial charge in [-0.15, -0.1) is 0 Å². The summed E-state index contributed by atoms with van der Waals surface area (Å²) in [6, 6.07) is 0. The molecule has 1 aliphatic rings. The summed E-state index contributed by atoms with van der Waals surface area (Å²) in [5.41, 5.74) is 3.29. The third-order valence-electron chi connectivity index (χ3n) is 2.76. The van der Waals surface area contributed by atoms with Crippen molar-refractivity contribution in [1.29, 1.82) is 0 Å². The molecule has 7 heteroatoms. The van der Waals surface area contributed by atoms with Crippen molar-refractivity contribution in [3.63, 3.8) is 0 Å². The summed E-state index contributed by atoms with van der Waals surface area (Å²) in [6.45, 7) is 3.60. The molecule has 0 aromatic carbocycles. The molecule has 1 aliphatic heterocycles. The number of hydrazine groups is 1. The highest BCUT2D eigenvalue weighted by Gasteiger charge is 2.19. The second-order valence-electron chi connectivity index (χ2n) is 4.23. The average Bonchev–Trinajstić information content (AvgIpc) is 2.61. The van der Waals surface area contributed by atoms with E-state index in [9.17, 15) is 4.79 Å². The molecule has 1 aromatic heterocycles. The summed E-state index contributed by atoms with van der Waals surface area (Å²) < 4.78 is 2.33. The van der Waals surface area contributed by atoms with E-state index in [4.69, 9.17) is 0 Å². The molecule has 0 bridgehead atoms. The SMILES string of the molecule is CN1CCN(NC(=O)c2nn(C)cc2Br)CC1. The van der Waals surface area contributed by atoms with Gasteiger partial charge < -0.3 is 4.90 Å². The Labute approximate surface area is 109 Å². The summed E-state index contributed by atoms with van der Waals surface area (Å²) in [4.78, 5) is 14.2. The lowest BCUT2D eigenvalue weighted by Gasteiger charge is -2.32. The zero-order valence-electron chi connectivity index (χ0n) is 9.98. The van der Waals surface area contributed by atoms with Crippen LogP contribution in [-0.4, -0.2) is 58.8 Å². The standard InChI is InChI=1S/C10H16BrN5O/c1-14-3-5-16(6-4-14)13-10(17)9-8(11)7-15(2)12-9/h7H,3-6H2,1-2H3,(H,13,17). The molecule has 0 unspecified atom stereocenters. The molecule has 1 fully saturated rings. The van der Waals surface area contributed by atoms with Gasteiger partial charge in [0, 0.05) is 39.4 Å². The number of amides is 1. The van der Waals surface area contributed by atoms with Gasteiger partial charge in [-0.1, -0.05) is 0 Å². The van der Waals surface area contributed by atoms with Gasteiger partial charge in [-0.05, 0) is 23.0 Å². The van der Waals surface area contributed by atoms with E-state index in [2.05, 4.69) is 38.4 Å². The van der Waals surface area contributed by atoms with Crippen molar-refractivity contribution < 1.29 is 4.79 Å². The molecule has 1 aromatic rings. The zero-order chi connectivity index (χ0) is 12.4. The lowest BCUT2D eigenvalue weighted by molar-refractivity contribution is 0.0656. The number of hydrogen-bond donors (Lipinski definition) is 1. The van der Waals surface area contributed by atoms with Crippen LogP contribution in [0.25, 0.3) is 0 Å². The number of rotatable bonds is 2. The van der Waals surface area contributed by atoms with Crippen molar-refractivity contribution in [2.75, 3.05) is 33.2 Å². The Kier molecular flexibility index (Phi) is 3.80. The fourth-order valence-corrected chi connectivity index (χ4v) is 2.28. The highest BCUT2D eigenvalue weighted by Crippen LogP contribution is 2.14. The predicted octanol–water partition coefficient (Wildman–Crippen LogP) is 0.0748. The van der Waals surface area contributed by atoms with Gasteiger partial charge in [0.2, 0.25) is 0 Å². The Morgan fingerprint density at radius 3 is 2.53 bits per heavy atom. The van der Waals surface area contributed by atoms with Gasteiger partial charge in [0.1, 0.15) is 0 Å². The maximum atomic E-state index is 12.0. The van der Waals surface area contributed by atoms with Crippen molar-refractivity contribution in [3.8, 4) is 0 Å². The monoisotopic (exact) mass is 301 g/mol. The Hall–Kier alpha value is -0.920. The third kappa shape index (κ3) is 3.05. The molecule has 0 spiro atoms. The third-order valence-corrected chi connectivity index (χ3v) is 3.34. The van der Waals surface area contributed by atoms with Crippen LogP contribution in [0, 0.1) is 0 Å². The molecule has 1 saturated heterocycles. The molecule has 2 rings (SSSR count). The summed E-state index contributed by atoms with van der Waals surface area (Å²) in [6.07, 6.45) is 1.76. The largest absolute Gasteiger partial charge is 0.304 e. The zero-order valence-corrected chi connectivity index (χ0v) is 11.6. The average molecular weight is 302 g/mol. The van der Waals surface area contributed by atoms with Crippen LogP contribution in [0.2, 0.25) is 0 Å². The van der Waals surface area contributed by atoms with Crippen LogP contribution in [0.1, 0.15) is 10.5 Å². The highest BCUT2D eigenvalue weighted by molar-refractivity contribution is 9.10. The van der Waals surface area contributed by atoms with Crippen molar-refractivity contribution in [3.05, 3.63) is 16.4 Å². The summed E-state index contributed by atoms with van der Waals surface area (Å²) in [5.74, 6) is -0.165. The van der Waals surface area contributed by atoms with Gasteiger partial charge in [-0.3, -0.25) is 14.9 Å². The number of piperazine rings is 1. The number of hydrogen-bond acceptors (Lipinski definition) is 4. The molecule has 0 saturated carbocycles. The van der Waals surface area contributed by atoms with Crippen LogP contribution in [0.4, 0.5) is 0 Å². The Morgan fingerprint density at radius 1 is 1.35 bits per heavy atom. The molecule has 2 heterocycles. The van der Waals surface area contributed by atoms with E-state index in [1.807, 2.05) is 5.01 Å². The van der Waals surface area contributed by atoms with Gasteiger partial charge in [0.05, 0.1) is 4.47 Å². The number of nitrogens with one attached hydrogen (secondary N) is 1. The molecule has 0 radical (unpaired) electrons. The highest BCUT2D eigenvalue weighted by atomic mass is 79.9. The van der Waals surface area contributed by atoms with Crippen LogP contribution in [0.3, 0.4) is 0 Å². The summed E-state index contributed by atoms with van der Waals surface area (Å²) in [5, 5.41) is 6.05. The van der Waals surface area contributed by atoms with E-state index in [1.165, 1.54) is 0 Å². The van der Waals surface area contributed by atoms with Crippen LogP contribution >= 0.6 is 15.9 Å². The van der Waals surface area contributed by atoms with Gasteiger partial charge in [0.15, 0.2) is 5.69 Å². The van der Waals surface area contributed by atoms with E-state index in [-0.39, 0.29) is 5.91 Å². The molecule has 1 amide bonds. The number of aromatic nitrogens is 2. The first-order valence-electron chi connectivity index (χ1n) is 5.50. The van der Waals surface area contributed by atoms with Crippen molar-refractivity contribution in [2.45, 2.75) is 0 Å². The Bertz CT molecular complexity index is 411. The van der Waals surface area contributed by atoms with Gasteiger partial charge in [0.25, 0.3) is 5.91 Å². The van der Waals surface area contributed by atoms with E-state index in [0.29, 0.717) is 10.2 Å². The molecule has 0 aliphatic carbocycles. The minimum absolute atomic E-state index is 0.165. The van der Waals surface area contributed by atoms with Crippen LogP contribution in [-0.2, 0) is 7.05 Å². The molecule has 94 valence electrons. The van der Waals surface area contributed by atoms with Crippen molar-refractivity contribution in [1.82, 2.24) is 25.1 Å². The number of carbonyl (C=O) groups is 1. The maximum absolute atomic E-state index is 12.0. The lowest BCUT2D eigenvalue weighted by atomic mass is 10.4. The van der Waals surface area contributed by atoms with Crippen molar-refractivity contribution in [2.24, 2.45) is 7.05 Å². The molecule has 1 N–H and O–H groups in total. The van der Waals surface area contributed by atoms with Crippen LogP contribution in [0.5, 0.6) is 0 Å². The number of halogens is 1.